The van der Waals surface area contributed by atoms with Gasteiger partial charge >= 0.3 is 0 Å². The summed E-state index contributed by atoms with van der Waals surface area (Å²) in [6.45, 7) is 5.98. The Morgan fingerprint density at radius 1 is 1.30 bits per heavy atom. The van der Waals surface area contributed by atoms with E-state index in [1.54, 1.807) is 0 Å². The summed E-state index contributed by atoms with van der Waals surface area (Å²) < 4.78 is 22.7. The standard InChI is InChI=1S/C14H23N3O2S/c1-2-5-15-10-13-3-4-14(16-11-13)12-17-6-8-20(18,19)9-7-17/h3-4,11,15H,2,5-10,12H2,1H3. The molecule has 0 aromatic carbocycles. The molecule has 2 heterocycles. The minimum Gasteiger partial charge on any atom is -0.313 e. The Hall–Kier alpha value is -0.980. The molecule has 0 spiro atoms. The Bertz CT molecular complexity index is 500. The van der Waals surface area contributed by atoms with Crippen molar-refractivity contribution in [3.63, 3.8) is 0 Å². The van der Waals surface area contributed by atoms with E-state index < -0.39 is 9.84 Å². The maximum atomic E-state index is 11.4. The number of nitrogens with zero attached hydrogens (tertiary/aromatic N) is 2. The van der Waals surface area contributed by atoms with Gasteiger partial charge in [-0.1, -0.05) is 13.0 Å². The first-order chi connectivity index (χ1) is 9.59. The van der Waals surface area contributed by atoms with Crippen LogP contribution in [0.5, 0.6) is 0 Å². The first kappa shape index (κ1) is 15.4. The number of rotatable bonds is 6. The van der Waals surface area contributed by atoms with Gasteiger partial charge in [0.2, 0.25) is 0 Å². The van der Waals surface area contributed by atoms with E-state index in [2.05, 4.69) is 28.2 Å². The van der Waals surface area contributed by atoms with Crippen LogP contribution in [0.4, 0.5) is 0 Å². The van der Waals surface area contributed by atoms with Crippen LogP contribution in [0.2, 0.25) is 0 Å². The highest BCUT2D eigenvalue weighted by molar-refractivity contribution is 7.91. The molecule has 1 aromatic rings. The second-order valence-electron chi connectivity index (χ2n) is 5.26. The summed E-state index contributed by atoms with van der Waals surface area (Å²) in [5, 5.41) is 3.34. The summed E-state index contributed by atoms with van der Waals surface area (Å²) >= 11 is 0. The predicted molar refractivity (Wildman–Crippen MR) is 80.2 cm³/mol. The lowest BCUT2D eigenvalue weighted by molar-refractivity contribution is 0.284. The minimum atomic E-state index is -2.80. The van der Waals surface area contributed by atoms with Gasteiger partial charge in [0.25, 0.3) is 0 Å². The highest BCUT2D eigenvalue weighted by Crippen LogP contribution is 2.09. The van der Waals surface area contributed by atoms with Gasteiger partial charge in [-0.25, -0.2) is 8.42 Å². The third-order valence-corrected chi connectivity index (χ3v) is 5.07. The van der Waals surface area contributed by atoms with Crippen molar-refractivity contribution < 1.29 is 8.42 Å². The highest BCUT2D eigenvalue weighted by atomic mass is 32.2. The van der Waals surface area contributed by atoms with E-state index in [9.17, 15) is 8.42 Å². The summed E-state index contributed by atoms with van der Waals surface area (Å²) in [6, 6.07) is 4.12. The lowest BCUT2D eigenvalue weighted by Gasteiger charge is -2.26. The Balaban J connectivity index is 1.82. The highest BCUT2D eigenvalue weighted by Gasteiger charge is 2.21. The SMILES string of the molecule is CCCNCc1ccc(CN2CCS(=O)(=O)CC2)nc1. The fourth-order valence-corrected chi connectivity index (χ4v) is 3.48. The number of nitrogens with one attached hydrogen (secondary N) is 1. The van der Waals surface area contributed by atoms with Crippen molar-refractivity contribution in [2.45, 2.75) is 26.4 Å². The van der Waals surface area contributed by atoms with Gasteiger partial charge in [0.15, 0.2) is 9.84 Å². The number of pyridine rings is 1. The average Bonchev–Trinajstić information content (AvgIpc) is 2.43. The van der Waals surface area contributed by atoms with Gasteiger partial charge < -0.3 is 5.32 Å². The lowest BCUT2D eigenvalue weighted by atomic mass is 10.2. The number of hydrogen-bond acceptors (Lipinski definition) is 5. The second-order valence-corrected chi connectivity index (χ2v) is 7.57. The van der Waals surface area contributed by atoms with Gasteiger partial charge in [0, 0.05) is 32.4 Å². The van der Waals surface area contributed by atoms with Crippen molar-refractivity contribution in [2.24, 2.45) is 0 Å². The number of sulfone groups is 1. The molecule has 20 heavy (non-hydrogen) atoms. The smallest absolute Gasteiger partial charge is 0.152 e. The fourth-order valence-electron chi connectivity index (χ4n) is 2.20. The van der Waals surface area contributed by atoms with Crippen LogP contribution in [0.3, 0.4) is 0 Å². The van der Waals surface area contributed by atoms with Gasteiger partial charge in [-0.3, -0.25) is 9.88 Å². The largest absolute Gasteiger partial charge is 0.313 e. The molecule has 1 aliphatic heterocycles. The molecule has 1 saturated heterocycles. The fraction of sp³-hybridized carbons (Fsp3) is 0.643. The first-order valence-corrected chi connectivity index (χ1v) is 8.98. The van der Waals surface area contributed by atoms with Gasteiger partial charge in [0.1, 0.15) is 0 Å². The molecule has 1 aliphatic rings. The van der Waals surface area contributed by atoms with Crippen LogP contribution in [0.15, 0.2) is 18.3 Å². The zero-order valence-electron chi connectivity index (χ0n) is 12.0. The molecule has 0 amide bonds. The predicted octanol–water partition coefficient (Wildman–Crippen LogP) is 0.812. The number of aromatic nitrogens is 1. The van der Waals surface area contributed by atoms with Crippen LogP contribution in [0.1, 0.15) is 24.6 Å². The van der Waals surface area contributed by atoms with E-state index in [1.165, 1.54) is 5.56 Å². The van der Waals surface area contributed by atoms with Gasteiger partial charge in [0.05, 0.1) is 17.2 Å². The third-order valence-electron chi connectivity index (χ3n) is 3.46. The molecule has 0 bridgehead atoms. The summed E-state index contributed by atoms with van der Waals surface area (Å²) in [4.78, 5) is 6.61. The van der Waals surface area contributed by atoms with Gasteiger partial charge in [-0.05, 0) is 24.6 Å². The van der Waals surface area contributed by atoms with Crippen LogP contribution in [-0.2, 0) is 22.9 Å². The van der Waals surface area contributed by atoms with E-state index >= 15 is 0 Å². The minimum absolute atomic E-state index is 0.270. The van der Waals surface area contributed by atoms with E-state index in [4.69, 9.17) is 0 Å². The van der Waals surface area contributed by atoms with Crippen molar-refractivity contribution in [2.75, 3.05) is 31.1 Å². The third kappa shape index (κ3) is 4.85. The van der Waals surface area contributed by atoms with Crippen LogP contribution in [-0.4, -0.2) is 49.4 Å². The zero-order valence-corrected chi connectivity index (χ0v) is 12.8. The molecule has 5 nitrogen and oxygen atoms in total. The van der Waals surface area contributed by atoms with Crippen LogP contribution in [0.25, 0.3) is 0 Å². The maximum Gasteiger partial charge on any atom is 0.152 e. The molecule has 0 radical (unpaired) electrons. The monoisotopic (exact) mass is 297 g/mol. The molecule has 1 fully saturated rings. The first-order valence-electron chi connectivity index (χ1n) is 7.16. The Morgan fingerprint density at radius 3 is 2.65 bits per heavy atom. The average molecular weight is 297 g/mol. The molecule has 1 N–H and O–H groups in total. The molecule has 0 saturated carbocycles. The summed E-state index contributed by atoms with van der Waals surface area (Å²) in [7, 11) is -2.80. The van der Waals surface area contributed by atoms with Crippen molar-refractivity contribution in [3.05, 3.63) is 29.6 Å². The Labute approximate surface area is 121 Å². The normalized spacial score (nSPS) is 19.1. The number of hydrogen-bond donors (Lipinski definition) is 1. The molecule has 2 rings (SSSR count). The topological polar surface area (TPSA) is 62.3 Å². The molecule has 6 heteroatoms. The second kappa shape index (κ2) is 7.15. The Kier molecular flexibility index (Phi) is 5.51. The molecule has 0 aliphatic carbocycles. The summed E-state index contributed by atoms with van der Waals surface area (Å²) in [5.41, 5.74) is 2.19. The van der Waals surface area contributed by atoms with E-state index in [0.29, 0.717) is 13.1 Å². The van der Waals surface area contributed by atoms with Gasteiger partial charge in [-0.2, -0.15) is 0 Å². The quantitative estimate of drug-likeness (QED) is 0.787. The van der Waals surface area contributed by atoms with E-state index in [-0.39, 0.29) is 11.5 Å². The molecule has 1 aromatic heterocycles. The van der Waals surface area contributed by atoms with E-state index in [1.807, 2.05) is 12.3 Å². The van der Waals surface area contributed by atoms with Crippen LogP contribution in [0, 0.1) is 0 Å². The zero-order chi connectivity index (χ0) is 14.4. The van der Waals surface area contributed by atoms with Crippen LogP contribution >= 0.6 is 0 Å². The molecular formula is C14H23N3O2S. The molecule has 112 valence electrons. The summed E-state index contributed by atoms with van der Waals surface area (Å²) in [6.07, 6.45) is 3.03. The van der Waals surface area contributed by atoms with Crippen LogP contribution < -0.4 is 5.32 Å². The molecular weight excluding hydrogens is 274 g/mol. The van der Waals surface area contributed by atoms with E-state index in [0.717, 1.165) is 31.7 Å². The molecule has 0 unspecified atom stereocenters. The maximum absolute atomic E-state index is 11.4. The van der Waals surface area contributed by atoms with Crippen molar-refractivity contribution in [3.8, 4) is 0 Å². The van der Waals surface area contributed by atoms with Crippen molar-refractivity contribution in [1.82, 2.24) is 15.2 Å². The van der Waals surface area contributed by atoms with Crippen molar-refractivity contribution in [1.29, 1.82) is 0 Å². The summed E-state index contributed by atoms with van der Waals surface area (Å²) in [5.74, 6) is 0.540. The van der Waals surface area contributed by atoms with Gasteiger partial charge in [-0.15, -0.1) is 0 Å². The Morgan fingerprint density at radius 2 is 2.05 bits per heavy atom. The lowest BCUT2D eigenvalue weighted by Crippen LogP contribution is -2.39. The van der Waals surface area contributed by atoms with Crippen molar-refractivity contribution >= 4 is 9.84 Å². The molecule has 0 atom stereocenters.